The lowest BCUT2D eigenvalue weighted by Crippen LogP contribution is -2.08. The lowest BCUT2D eigenvalue weighted by atomic mass is 9.79. The van der Waals surface area contributed by atoms with Crippen LogP contribution in [0.15, 0.2) is 78.9 Å². The van der Waals surface area contributed by atoms with E-state index in [9.17, 15) is 30.6 Å². The van der Waals surface area contributed by atoms with E-state index in [-0.39, 0.29) is 34.5 Å². The molecule has 34 heavy (non-hydrogen) atoms. The number of allylic oxidation sites excluding steroid dienone is 1. The predicted molar refractivity (Wildman–Crippen MR) is 128 cm³/mol. The summed E-state index contributed by atoms with van der Waals surface area (Å²) in [6.07, 6.45) is 1.89. The third kappa shape index (κ3) is 3.75. The van der Waals surface area contributed by atoms with Crippen LogP contribution in [0.4, 0.5) is 0 Å². The molecule has 0 amide bonds. The first-order valence-corrected chi connectivity index (χ1v) is 10.7. The average Bonchev–Trinajstić information content (AvgIpc) is 3.09. The summed E-state index contributed by atoms with van der Waals surface area (Å²) < 4.78 is 0. The second kappa shape index (κ2) is 8.08. The van der Waals surface area contributed by atoms with Crippen LogP contribution in [0.5, 0.6) is 34.5 Å². The van der Waals surface area contributed by atoms with Gasteiger partial charge in [0, 0.05) is 29.5 Å². The molecule has 0 heterocycles. The lowest BCUT2D eigenvalue weighted by Gasteiger charge is -2.23. The molecule has 0 radical (unpaired) electrons. The van der Waals surface area contributed by atoms with Gasteiger partial charge < -0.3 is 30.6 Å². The summed E-state index contributed by atoms with van der Waals surface area (Å²) in [5.74, 6) is -1.07. The zero-order valence-electron chi connectivity index (χ0n) is 17.9. The molecule has 6 N–H and O–H groups in total. The molecule has 0 aliphatic heterocycles. The van der Waals surface area contributed by atoms with Crippen molar-refractivity contribution in [3.05, 3.63) is 107 Å². The van der Waals surface area contributed by atoms with Crippen LogP contribution >= 0.6 is 0 Å². The highest BCUT2D eigenvalue weighted by atomic mass is 16.3. The van der Waals surface area contributed by atoms with Gasteiger partial charge in [-0.2, -0.15) is 0 Å². The monoisotopic (exact) mass is 454 g/mol. The van der Waals surface area contributed by atoms with Crippen molar-refractivity contribution in [2.45, 2.75) is 11.8 Å². The number of fused-ring (bicyclic) bond motifs is 1. The number of rotatable bonds is 3. The van der Waals surface area contributed by atoms with E-state index >= 15 is 0 Å². The Balaban J connectivity index is 1.82. The molecule has 1 aliphatic carbocycles. The fourth-order valence-electron chi connectivity index (χ4n) is 4.83. The molecule has 0 saturated carbocycles. The molecule has 170 valence electrons. The van der Waals surface area contributed by atoms with Gasteiger partial charge in [0.1, 0.15) is 34.5 Å². The van der Waals surface area contributed by atoms with Crippen LogP contribution in [-0.2, 0) is 0 Å². The van der Waals surface area contributed by atoms with Crippen LogP contribution in [0.2, 0.25) is 0 Å². The van der Waals surface area contributed by atoms with Crippen LogP contribution in [-0.4, -0.2) is 30.6 Å². The number of phenols is 6. The lowest BCUT2D eigenvalue weighted by molar-refractivity contribution is 0.444. The van der Waals surface area contributed by atoms with Crippen molar-refractivity contribution in [2.75, 3.05) is 0 Å². The summed E-state index contributed by atoms with van der Waals surface area (Å²) in [5, 5.41) is 61.2. The maximum atomic E-state index is 10.9. The number of aromatic hydroxyl groups is 6. The van der Waals surface area contributed by atoms with Gasteiger partial charge in [0.25, 0.3) is 0 Å². The van der Waals surface area contributed by atoms with Crippen molar-refractivity contribution >= 4 is 11.6 Å². The summed E-state index contributed by atoms with van der Waals surface area (Å²) in [5.41, 5.74) is 4.13. The number of hydrogen-bond donors (Lipinski definition) is 6. The molecule has 4 aromatic carbocycles. The van der Waals surface area contributed by atoms with Gasteiger partial charge >= 0.3 is 0 Å². The van der Waals surface area contributed by atoms with Crippen LogP contribution in [0, 0.1) is 0 Å². The van der Waals surface area contributed by atoms with Gasteiger partial charge in [0.05, 0.1) is 0 Å². The quantitative estimate of drug-likeness (QED) is 0.247. The summed E-state index contributed by atoms with van der Waals surface area (Å²) in [4.78, 5) is 0. The Bertz CT molecular complexity index is 1380. The second-order valence-electron chi connectivity index (χ2n) is 8.45. The minimum absolute atomic E-state index is 0.0865. The molecule has 6 nitrogen and oxygen atoms in total. The largest absolute Gasteiger partial charge is 0.508 e. The van der Waals surface area contributed by atoms with E-state index < -0.39 is 11.8 Å². The molecule has 0 aromatic heterocycles. The van der Waals surface area contributed by atoms with Crippen molar-refractivity contribution in [3.8, 4) is 34.5 Å². The maximum Gasteiger partial charge on any atom is 0.123 e. The molecule has 0 spiro atoms. The van der Waals surface area contributed by atoms with Crippen molar-refractivity contribution in [1.29, 1.82) is 0 Å². The minimum Gasteiger partial charge on any atom is -0.508 e. The normalized spacial score (nSPS) is 18.2. The predicted octanol–water partition coefficient (Wildman–Crippen LogP) is 5.39. The first-order chi connectivity index (χ1) is 16.3. The molecule has 0 unspecified atom stereocenters. The van der Waals surface area contributed by atoms with E-state index in [1.54, 1.807) is 66.7 Å². The van der Waals surface area contributed by atoms with Crippen LogP contribution in [0.3, 0.4) is 0 Å². The molecule has 0 saturated heterocycles. The minimum atomic E-state index is -0.459. The molecule has 6 heteroatoms. The summed E-state index contributed by atoms with van der Waals surface area (Å²) in [6, 6.07) is 20.5. The van der Waals surface area contributed by atoms with Gasteiger partial charge in [-0.15, -0.1) is 0 Å². The molecule has 2 atom stereocenters. The van der Waals surface area contributed by atoms with E-state index in [4.69, 9.17) is 0 Å². The van der Waals surface area contributed by atoms with E-state index in [1.807, 2.05) is 6.08 Å². The highest BCUT2D eigenvalue weighted by Crippen LogP contribution is 2.58. The van der Waals surface area contributed by atoms with Gasteiger partial charge in [0.15, 0.2) is 0 Å². The van der Waals surface area contributed by atoms with E-state index in [2.05, 4.69) is 0 Å². The maximum absolute atomic E-state index is 10.9. The Hall–Kier alpha value is -4.58. The zero-order valence-corrected chi connectivity index (χ0v) is 17.9. The van der Waals surface area contributed by atoms with Gasteiger partial charge in [-0.25, -0.2) is 0 Å². The molecule has 5 rings (SSSR count). The smallest absolute Gasteiger partial charge is 0.123 e. The topological polar surface area (TPSA) is 121 Å². The Morgan fingerprint density at radius 3 is 1.68 bits per heavy atom. The summed E-state index contributed by atoms with van der Waals surface area (Å²) >= 11 is 0. The molecule has 4 aromatic rings. The van der Waals surface area contributed by atoms with E-state index in [0.717, 1.165) is 16.7 Å². The van der Waals surface area contributed by atoms with Gasteiger partial charge in [-0.1, -0.05) is 30.3 Å². The number of phenolic OH excluding ortho intramolecular Hbond substituents is 6. The molecule has 1 aliphatic rings. The Morgan fingerprint density at radius 1 is 0.500 bits per heavy atom. The third-order valence-electron chi connectivity index (χ3n) is 6.18. The SMILES string of the molecule is Oc1ccc(/C=C2/c3cc(O)cc(O)c3[C@H](c3ccc(O)cc3)[C@H]2c2cc(O)cc(O)c2)cc1. The molecular formula is C28H22O6. The number of benzene rings is 4. The van der Waals surface area contributed by atoms with Gasteiger partial charge in [0.2, 0.25) is 0 Å². The van der Waals surface area contributed by atoms with Crippen LogP contribution in [0.1, 0.15) is 39.7 Å². The molecular weight excluding hydrogens is 432 g/mol. The summed E-state index contributed by atoms with van der Waals surface area (Å²) in [7, 11) is 0. The van der Waals surface area contributed by atoms with Crippen molar-refractivity contribution in [3.63, 3.8) is 0 Å². The Kier molecular flexibility index (Phi) is 5.06. The summed E-state index contributed by atoms with van der Waals surface area (Å²) in [6.45, 7) is 0. The van der Waals surface area contributed by atoms with E-state index in [1.165, 1.54) is 12.1 Å². The van der Waals surface area contributed by atoms with Gasteiger partial charge in [-0.3, -0.25) is 0 Å². The first-order valence-electron chi connectivity index (χ1n) is 10.7. The van der Waals surface area contributed by atoms with Gasteiger partial charge in [-0.05, 0) is 70.3 Å². The second-order valence-corrected chi connectivity index (χ2v) is 8.45. The van der Waals surface area contributed by atoms with Crippen molar-refractivity contribution in [1.82, 2.24) is 0 Å². The average molecular weight is 454 g/mol. The highest BCUT2D eigenvalue weighted by molar-refractivity contribution is 5.93. The molecule has 0 fully saturated rings. The molecule has 0 bridgehead atoms. The van der Waals surface area contributed by atoms with Crippen LogP contribution < -0.4 is 0 Å². The fraction of sp³-hybridized carbons (Fsp3) is 0.0714. The fourth-order valence-corrected chi connectivity index (χ4v) is 4.83. The number of hydrogen-bond acceptors (Lipinski definition) is 6. The van der Waals surface area contributed by atoms with Crippen molar-refractivity contribution < 1.29 is 30.6 Å². The zero-order chi connectivity index (χ0) is 24.0. The first kappa shape index (κ1) is 21.3. The Morgan fingerprint density at radius 2 is 1.06 bits per heavy atom. The van der Waals surface area contributed by atoms with E-state index in [0.29, 0.717) is 16.7 Å². The highest BCUT2D eigenvalue weighted by Gasteiger charge is 2.41. The third-order valence-corrected chi connectivity index (χ3v) is 6.18. The standard InChI is InChI=1S/C28H22O6/c29-18-5-1-15(2-6-18)9-23-24-13-22(33)14-25(34)28(24)27(16-3-7-19(30)8-4-16)26(23)17-10-20(31)12-21(32)11-17/h1-14,26-27,29-34H/b23-9-/t26-,27+/m0/s1. The Labute approximate surface area is 195 Å². The van der Waals surface area contributed by atoms with Crippen LogP contribution in [0.25, 0.3) is 11.6 Å². The van der Waals surface area contributed by atoms with Crippen molar-refractivity contribution in [2.24, 2.45) is 0 Å².